The molecule has 6 heteroatoms. The Hall–Kier alpha value is -3.51. The van der Waals surface area contributed by atoms with Crippen LogP contribution in [-0.2, 0) is 11.2 Å². The number of benzene rings is 2. The van der Waals surface area contributed by atoms with Crippen LogP contribution >= 0.6 is 0 Å². The largest absolute Gasteiger partial charge is 0.372 e. The number of rotatable bonds is 6. The van der Waals surface area contributed by atoms with Gasteiger partial charge in [-0.3, -0.25) is 10.2 Å². The van der Waals surface area contributed by atoms with Crippen molar-refractivity contribution in [2.75, 3.05) is 18.5 Å². The molecule has 2 amide bonds. The Kier molecular flexibility index (Phi) is 7.03. The molecule has 0 bridgehead atoms. The van der Waals surface area contributed by atoms with Crippen molar-refractivity contribution in [1.82, 2.24) is 15.1 Å². The monoisotopic (exact) mass is 414 g/mol. The van der Waals surface area contributed by atoms with E-state index in [1.807, 2.05) is 54.6 Å². The summed E-state index contributed by atoms with van der Waals surface area (Å²) in [5.74, 6) is 0.429. The molecule has 6 nitrogen and oxygen atoms in total. The highest BCUT2D eigenvalue weighted by atomic mass is 16.5. The van der Waals surface area contributed by atoms with E-state index >= 15 is 0 Å². The molecule has 1 atom stereocenters. The van der Waals surface area contributed by atoms with Gasteiger partial charge in [0.2, 0.25) is 0 Å². The molecule has 0 saturated carbocycles. The Morgan fingerprint density at radius 1 is 1.06 bits per heavy atom. The lowest BCUT2D eigenvalue weighted by Gasteiger charge is -2.35. The van der Waals surface area contributed by atoms with Gasteiger partial charge in [-0.05, 0) is 48.6 Å². The Morgan fingerprint density at radius 3 is 2.58 bits per heavy atom. The van der Waals surface area contributed by atoms with Gasteiger partial charge in [0.15, 0.2) is 5.82 Å². The van der Waals surface area contributed by atoms with E-state index in [-0.39, 0.29) is 12.1 Å². The minimum Gasteiger partial charge on any atom is -0.372 e. The van der Waals surface area contributed by atoms with Gasteiger partial charge in [0.05, 0.1) is 18.4 Å². The zero-order chi connectivity index (χ0) is 21.3. The average molecular weight is 415 g/mol. The molecule has 0 aliphatic carbocycles. The molecule has 31 heavy (non-hydrogen) atoms. The number of nitrogens with zero attached hydrogens (tertiary/aromatic N) is 3. The van der Waals surface area contributed by atoms with Gasteiger partial charge in [-0.1, -0.05) is 60.7 Å². The van der Waals surface area contributed by atoms with Crippen LogP contribution in [-0.4, -0.2) is 40.4 Å². The average Bonchev–Trinajstić information content (AvgIpc) is 2.82. The van der Waals surface area contributed by atoms with Crippen molar-refractivity contribution in [2.24, 2.45) is 0 Å². The summed E-state index contributed by atoms with van der Waals surface area (Å²) in [6.07, 6.45) is 6.06. The van der Waals surface area contributed by atoms with Crippen LogP contribution in [0.2, 0.25) is 0 Å². The van der Waals surface area contributed by atoms with Crippen LogP contribution in [0.1, 0.15) is 24.0 Å². The zero-order valence-electron chi connectivity index (χ0n) is 17.4. The van der Waals surface area contributed by atoms with Crippen molar-refractivity contribution in [3.8, 4) is 0 Å². The molecule has 4 rings (SSSR count). The molecule has 0 radical (unpaired) electrons. The van der Waals surface area contributed by atoms with Crippen LogP contribution in [0.4, 0.5) is 10.6 Å². The fraction of sp³-hybridized carbons (Fsp3) is 0.240. The molecule has 1 N–H and O–H groups in total. The van der Waals surface area contributed by atoms with Crippen LogP contribution < -0.4 is 5.32 Å². The zero-order valence-corrected chi connectivity index (χ0v) is 17.4. The van der Waals surface area contributed by atoms with Crippen LogP contribution in [0.5, 0.6) is 0 Å². The standard InChI is InChI=1S/C25H26N4O2/c30-25(27-24-14-7-16-26-28-24)29-17-8-13-23(22(29)19-21-11-5-2-6-12-21)31-18-15-20-9-3-1-4-10-20/h1-7,9-12,14,16,19,23H,8,13,15,17-18H2,(H,27,28,30). The Balaban J connectivity index is 1.52. The Labute approximate surface area is 182 Å². The summed E-state index contributed by atoms with van der Waals surface area (Å²) in [7, 11) is 0. The second kappa shape index (κ2) is 10.5. The maximum atomic E-state index is 13.1. The number of carbonyl (C=O) groups is 1. The molecule has 1 unspecified atom stereocenters. The van der Waals surface area contributed by atoms with Crippen molar-refractivity contribution in [3.63, 3.8) is 0 Å². The van der Waals surface area contributed by atoms with E-state index in [0.29, 0.717) is 19.0 Å². The van der Waals surface area contributed by atoms with E-state index in [0.717, 1.165) is 30.5 Å². The summed E-state index contributed by atoms with van der Waals surface area (Å²) in [4.78, 5) is 14.8. The van der Waals surface area contributed by atoms with Crippen LogP contribution in [0.3, 0.4) is 0 Å². The third kappa shape index (κ3) is 5.77. The number of nitrogens with one attached hydrogen (secondary N) is 1. The van der Waals surface area contributed by atoms with Gasteiger partial charge >= 0.3 is 6.03 Å². The van der Waals surface area contributed by atoms with Crippen molar-refractivity contribution in [3.05, 3.63) is 95.8 Å². The molecule has 1 saturated heterocycles. The highest BCUT2D eigenvalue weighted by molar-refractivity contribution is 5.90. The molecule has 2 heterocycles. The molecule has 1 aliphatic rings. The highest BCUT2D eigenvalue weighted by Crippen LogP contribution is 2.27. The summed E-state index contributed by atoms with van der Waals surface area (Å²) < 4.78 is 6.28. The minimum atomic E-state index is -0.223. The fourth-order valence-corrected chi connectivity index (χ4v) is 3.67. The summed E-state index contributed by atoms with van der Waals surface area (Å²) in [5, 5.41) is 10.6. The summed E-state index contributed by atoms with van der Waals surface area (Å²) in [5.41, 5.74) is 3.14. The fourth-order valence-electron chi connectivity index (χ4n) is 3.67. The molecule has 2 aromatic carbocycles. The van der Waals surface area contributed by atoms with E-state index in [2.05, 4.69) is 27.6 Å². The summed E-state index contributed by atoms with van der Waals surface area (Å²) in [6, 6.07) is 23.6. The normalized spacial score (nSPS) is 17.5. The number of carbonyl (C=O) groups excluding carboxylic acids is 1. The molecule has 158 valence electrons. The lowest BCUT2D eigenvalue weighted by Crippen LogP contribution is -2.43. The number of anilines is 1. The second-order valence-electron chi connectivity index (χ2n) is 7.41. The molecule has 1 fully saturated rings. The molecule has 3 aromatic rings. The topological polar surface area (TPSA) is 67.4 Å². The molecule has 0 spiro atoms. The number of hydrogen-bond donors (Lipinski definition) is 1. The smallest absolute Gasteiger partial charge is 0.327 e. The third-order valence-electron chi connectivity index (χ3n) is 5.21. The number of amides is 2. The van der Waals surface area contributed by atoms with Gasteiger partial charge in [0.1, 0.15) is 0 Å². The van der Waals surface area contributed by atoms with Crippen molar-refractivity contribution >= 4 is 17.9 Å². The number of piperidine rings is 1. The molecule has 1 aliphatic heterocycles. The van der Waals surface area contributed by atoms with Crippen LogP contribution in [0.15, 0.2) is 84.7 Å². The van der Waals surface area contributed by atoms with Gasteiger partial charge in [0, 0.05) is 12.7 Å². The highest BCUT2D eigenvalue weighted by Gasteiger charge is 2.30. The van der Waals surface area contributed by atoms with E-state index < -0.39 is 0 Å². The van der Waals surface area contributed by atoms with E-state index in [1.54, 1.807) is 23.2 Å². The van der Waals surface area contributed by atoms with Gasteiger partial charge in [-0.15, -0.1) is 5.10 Å². The number of ether oxygens (including phenoxy) is 1. The number of hydrogen-bond acceptors (Lipinski definition) is 4. The summed E-state index contributed by atoms with van der Waals surface area (Å²) in [6.45, 7) is 1.23. The number of aromatic nitrogens is 2. The molecule has 1 aromatic heterocycles. The maximum absolute atomic E-state index is 13.1. The first-order valence-corrected chi connectivity index (χ1v) is 10.6. The lowest BCUT2D eigenvalue weighted by atomic mass is 10.0. The third-order valence-corrected chi connectivity index (χ3v) is 5.21. The van der Waals surface area contributed by atoms with Gasteiger partial charge < -0.3 is 4.74 Å². The van der Waals surface area contributed by atoms with Crippen LogP contribution in [0.25, 0.3) is 6.08 Å². The SMILES string of the molecule is O=C(Nc1cccnn1)N1CCCC(OCCc2ccccc2)C1=Cc1ccccc1. The number of likely N-dealkylation sites (tertiary alicyclic amines) is 1. The predicted molar refractivity (Wildman–Crippen MR) is 121 cm³/mol. The van der Waals surface area contributed by atoms with Gasteiger partial charge in [-0.25, -0.2) is 4.79 Å². The van der Waals surface area contributed by atoms with E-state index in [1.165, 1.54) is 5.56 Å². The second-order valence-corrected chi connectivity index (χ2v) is 7.41. The predicted octanol–water partition coefficient (Wildman–Crippen LogP) is 4.77. The quantitative estimate of drug-likeness (QED) is 0.631. The van der Waals surface area contributed by atoms with E-state index in [4.69, 9.17) is 4.74 Å². The first-order valence-electron chi connectivity index (χ1n) is 10.6. The first-order chi connectivity index (χ1) is 15.3. The van der Waals surface area contributed by atoms with Gasteiger partial charge in [0.25, 0.3) is 0 Å². The minimum absolute atomic E-state index is 0.148. The number of urea groups is 1. The van der Waals surface area contributed by atoms with Crippen molar-refractivity contribution < 1.29 is 9.53 Å². The lowest BCUT2D eigenvalue weighted by molar-refractivity contribution is 0.0433. The van der Waals surface area contributed by atoms with E-state index in [9.17, 15) is 4.79 Å². The van der Waals surface area contributed by atoms with Crippen LogP contribution in [0, 0.1) is 0 Å². The Bertz CT molecular complexity index is 994. The summed E-state index contributed by atoms with van der Waals surface area (Å²) >= 11 is 0. The molecular weight excluding hydrogens is 388 g/mol. The van der Waals surface area contributed by atoms with Crippen molar-refractivity contribution in [1.29, 1.82) is 0 Å². The maximum Gasteiger partial charge on any atom is 0.327 e. The molecular formula is C25H26N4O2. The first kappa shape index (κ1) is 20.8. The van der Waals surface area contributed by atoms with Gasteiger partial charge in [-0.2, -0.15) is 5.10 Å². The van der Waals surface area contributed by atoms with Crippen molar-refractivity contribution in [2.45, 2.75) is 25.4 Å². The Morgan fingerprint density at radius 2 is 1.84 bits per heavy atom.